The van der Waals surface area contributed by atoms with Crippen molar-refractivity contribution in [2.75, 3.05) is 17.7 Å². The lowest BCUT2D eigenvalue weighted by molar-refractivity contribution is 0.0526. The Balaban J connectivity index is 1.74. The summed E-state index contributed by atoms with van der Waals surface area (Å²) in [6.07, 6.45) is 7.21. The second-order valence-corrected chi connectivity index (χ2v) is 6.25. The van der Waals surface area contributed by atoms with Crippen molar-refractivity contribution in [1.29, 1.82) is 0 Å². The van der Waals surface area contributed by atoms with Crippen molar-refractivity contribution in [2.24, 2.45) is 0 Å². The van der Waals surface area contributed by atoms with Crippen molar-refractivity contribution in [3.05, 3.63) is 36.2 Å². The van der Waals surface area contributed by atoms with E-state index in [2.05, 4.69) is 15.3 Å². The Kier molecular flexibility index (Phi) is 5.88. The third-order valence-electron chi connectivity index (χ3n) is 4.31. The number of aromatic nitrogens is 2. The van der Waals surface area contributed by atoms with Crippen LogP contribution in [0.1, 0.15) is 49.4 Å². The number of carbonyl (C=O) groups excluding carboxylic acids is 1. The van der Waals surface area contributed by atoms with Crippen LogP contribution in [0.3, 0.4) is 0 Å². The summed E-state index contributed by atoms with van der Waals surface area (Å²) < 4.78 is 11.0. The van der Waals surface area contributed by atoms with Crippen LogP contribution < -0.4 is 15.8 Å². The van der Waals surface area contributed by atoms with Gasteiger partial charge in [-0.2, -0.15) is 4.98 Å². The first-order valence-electron chi connectivity index (χ1n) is 8.98. The van der Waals surface area contributed by atoms with Crippen molar-refractivity contribution < 1.29 is 14.3 Å². The smallest absolute Gasteiger partial charge is 0.338 e. The molecular weight excluding hydrogens is 332 g/mol. The van der Waals surface area contributed by atoms with E-state index in [0.29, 0.717) is 35.2 Å². The summed E-state index contributed by atoms with van der Waals surface area (Å²) in [4.78, 5) is 20.2. The second-order valence-electron chi connectivity index (χ2n) is 6.25. The van der Waals surface area contributed by atoms with Gasteiger partial charge in [-0.15, -0.1) is 0 Å². The number of esters is 1. The molecule has 2 aromatic rings. The largest absolute Gasteiger partial charge is 0.473 e. The van der Waals surface area contributed by atoms with Crippen molar-refractivity contribution >= 4 is 23.2 Å². The number of hydrogen-bond donors (Lipinski definition) is 2. The maximum atomic E-state index is 11.9. The fourth-order valence-electron chi connectivity index (χ4n) is 2.99. The molecule has 7 nitrogen and oxygen atoms in total. The number of ether oxygens (including phenoxy) is 2. The van der Waals surface area contributed by atoms with Crippen molar-refractivity contribution in [3.8, 4) is 5.88 Å². The molecule has 1 aromatic carbocycles. The van der Waals surface area contributed by atoms with Crippen molar-refractivity contribution in [1.82, 2.24) is 9.97 Å². The molecule has 1 aliphatic rings. The van der Waals surface area contributed by atoms with Crippen LogP contribution in [0, 0.1) is 0 Å². The predicted molar refractivity (Wildman–Crippen MR) is 99.6 cm³/mol. The Hall–Kier alpha value is -2.83. The Bertz CT molecular complexity index is 760. The quantitative estimate of drug-likeness (QED) is 0.761. The van der Waals surface area contributed by atoms with Crippen molar-refractivity contribution in [2.45, 2.75) is 45.1 Å². The maximum absolute atomic E-state index is 11.9. The Morgan fingerprint density at radius 1 is 1.27 bits per heavy atom. The first-order chi connectivity index (χ1) is 12.7. The topological polar surface area (TPSA) is 99.4 Å². The van der Waals surface area contributed by atoms with Gasteiger partial charge in [-0.05, 0) is 50.8 Å². The minimum atomic E-state index is -0.367. The van der Waals surface area contributed by atoms with E-state index in [-0.39, 0.29) is 12.1 Å². The Labute approximate surface area is 152 Å². The number of nitrogens with zero attached hydrogens (tertiary/aromatic N) is 2. The van der Waals surface area contributed by atoms with Crippen LogP contribution in [-0.4, -0.2) is 28.6 Å². The molecule has 3 N–H and O–H groups in total. The number of carbonyl (C=O) groups is 1. The molecule has 3 rings (SSSR count). The van der Waals surface area contributed by atoms with Gasteiger partial charge in [-0.3, -0.25) is 0 Å². The van der Waals surface area contributed by atoms with Crippen LogP contribution in [0.5, 0.6) is 5.88 Å². The molecule has 138 valence electrons. The Morgan fingerprint density at radius 3 is 2.85 bits per heavy atom. The summed E-state index contributed by atoms with van der Waals surface area (Å²) in [6.45, 7) is 2.10. The molecule has 0 unspecified atom stereocenters. The summed E-state index contributed by atoms with van der Waals surface area (Å²) >= 11 is 0. The molecule has 0 bridgehead atoms. The van der Waals surface area contributed by atoms with Crippen LogP contribution in [0.4, 0.5) is 17.2 Å². The summed E-state index contributed by atoms with van der Waals surface area (Å²) in [7, 11) is 0. The molecule has 1 aliphatic carbocycles. The maximum Gasteiger partial charge on any atom is 0.338 e. The van der Waals surface area contributed by atoms with E-state index in [9.17, 15) is 4.79 Å². The minimum absolute atomic E-state index is 0.154. The van der Waals surface area contributed by atoms with Crippen LogP contribution in [0.15, 0.2) is 30.6 Å². The van der Waals surface area contributed by atoms with Crippen LogP contribution in [0.25, 0.3) is 0 Å². The standard InChI is InChI=1S/C19H24N4O3/c1-2-25-19(24)13-7-6-8-14(11-13)23-17-16(20)18(22-12-21-17)26-15-9-4-3-5-10-15/h6-8,11-12,15H,2-5,9-10,20H2,1H3,(H,21,22,23). The molecule has 0 atom stereocenters. The molecule has 1 aromatic heterocycles. The van der Waals surface area contributed by atoms with E-state index in [1.807, 2.05) is 6.07 Å². The highest BCUT2D eigenvalue weighted by molar-refractivity contribution is 5.91. The molecule has 0 radical (unpaired) electrons. The lowest BCUT2D eigenvalue weighted by atomic mass is 9.98. The molecule has 1 heterocycles. The van der Waals surface area contributed by atoms with E-state index in [0.717, 1.165) is 12.8 Å². The van der Waals surface area contributed by atoms with Crippen molar-refractivity contribution in [3.63, 3.8) is 0 Å². The van der Waals surface area contributed by atoms with Gasteiger partial charge in [0.15, 0.2) is 5.82 Å². The average molecular weight is 356 g/mol. The first kappa shape index (κ1) is 18.0. The van der Waals surface area contributed by atoms with E-state index < -0.39 is 0 Å². The van der Waals surface area contributed by atoms with E-state index in [4.69, 9.17) is 15.2 Å². The van der Waals surface area contributed by atoms with Gasteiger partial charge in [0.2, 0.25) is 5.88 Å². The van der Waals surface area contributed by atoms with Crippen LogP contribution in [-0.2, 0) is 4.74 Å². The number of nitrogen functional groups attached to an aromatic ring is 1. The molecule has 0 aliphatic heterocycles. The number of nitrogens with one attached hydrogen (secondary N) is 1. The zero-order valence-corrected chi connectivity index (χ0v) is 14.9. The van der Waals surface area contributed by atoms with Gasteiger partial charge in [0.05, 0.1) is 12.2 Å². The third kappa shape index (κ3) is 4.41. The molecule has 0 saturated heterocycles. The normalized spacial score (nSPS) is 14.7. The van der Waals surface area contributed by atoms with Gasteiger partial charge in [0, 0.05) is 5.69 Å². The highest BCUT2D eigenvalue weighted by Gasteiger charge is 2.18. The SMILES string of the molecule is CCOC(=O)c1cccc(Nc2ncnc(OC3CCCCC3)c2N)c1. The van der Waals surface area contributed by atoms with Gasteiger partial charge in [-0.25, -0.2) is 9.78 Å². The summed E-state index contributed by atoms with van der Waals surface area (Å²) in [5.41, 5.74) is 7.70. The predicted octanol–water partition coefficient (Wildman–Crippen LogP) is 3.69. The fraction of sp³-hybridized carbons (Fsp3) is 0.421. The lowest BCUT2D eigenvalue weighted by Gasteiger charge is -2.23. The van der Waals surface area contributed by atoms with Gasteiger partial charge in [0.1, 0.15) is 18.1 Å². The third-order valence-corrected chi connectivity index (χ3v) is 4.31. The van der Waals surface area contributed by atoms with Gasteiger partial charge >= 0.3 is 5.97 Å². The van der Waals surface area contributed by atoms with Gasteiger partial charge in [-0.1, -0.05) is 12.5 Å². The van der Waals surface area contributed by atoms with Crippen LogP contribution in [0.2, 0.25) is 0 Å². The van der Waals surface area contributed by atoms with E-state index in [1.54, 1.807) is 25.1 Å². The summed E-state index contributed by atoms with van der Waals surface area (Å²) in [6, 6.07) is 6.99. The highest BCUT2D eigenvalue weighted by Crippen LogP contribution is 2.30. The van der Waals surface area contributed by atoms with E-state index in [1.165, 1.54) is 25.6 Å². The molecule has 1 saturated carbocycles. The second kappa shape index (κ2) is 8.51. The monoisotopic (exact) mass is 356 g/mol. The van der Waals surface area contributed by atoms with Gasteiger partial charge in [0.25, 0.3) is 0 Å². The number of hydrogen-bond acceptors (Lipinski definition) is 7. The molecule has 1 fully saturated rings. The Morgan fingerprint density at radius 2 is 2.08 bits per heavy atom. The number of benzene rings is 1. The molecule has 7 heteroatoms. The molecule has 0 spiro atoms. The highest BCUT2D eigenvalue weighted by atomic mass is 16.5. The number of nitrogens with two attached hydrogens (primary N) is 1. The first-order valence-corrected chi connectivity index (χ1v) is 8.98. The fourth-order valence-corrected chi connectivity index (χ4v) is 2.99. The molecule has 26 heavy (non-hydrogen) atoms. The number of rotatable bonds is 6. The minimum Gasteiger partial charge on any atom is -0.473 e. The zero-order chi connectivity index (χ0) is 18.4. The number of anilines is 3. The molecule has 0 amide bonds. The van der Waals surface area contributed by atoms with Crippen LogP contribution >= 0.6 is 0 Å². The average Bonchev–Trinajstić information content (AvgIpc) is 2.66. The summed E-state index contributed by atoms with van der Waals surface area (Å²) in [5.74, 6) is 0.482. The zero-order valence-electron chi connectivity index (χ0n) is 14.9. The van der Waals surface area contributed by atoms with E-state index >= 15 is 0 Å². The molecular formula is C19H24N4O3. The lowest BCUT2D eigenvalue weighted by Crippen LogP contribution is -2.21. The van der Waals surface area contributed by atoms with Gasteiger partial charge < -0.3 is 20.5 Å². The summed E-state index contributed by atoms with van der Waals surface area (Å²) in [5, 5.41) is 3.12.